The molecule has 1 aromatic carbocycles. The molecule has 5 heteroatoms. The van der Waals surface area contributed by atoms with Crippen LogP contribution in [-0.4, -0.2) is 31.7 Å². The number of hydrogen-bond donors (Lipinski definition) is 2. The smallest absolute Gasteiger partial charge is 0.191 e. The zero-order valence-electron chi connectivity index (χ0n) is 13.4. The Morgan fingerprint density at radius 1 is 1.23 bits per heavy atom. The van der Waals surface area contributed by atoms with E-state index >= 15 is 0 Å². The van der Waals surface area contributed by atoms with Crippen molar-refractivity contribution >= 4 is 29.9 Å². The van der Waals surface area contributed by atoms with Gasteiger partial charge in [0.2, 0.25) is 0 Å². The van der Waals surface area contributed by atoms with E-state index in [2.05, 4.69) is 34.7 Å². The first kappa shape index (κ1) is 19.2. The first-order valence-corrected chi connectivity index (χ1v) is 8.05. The number of guanidine groups is 1. The highest BCUT2D eigenvalue weighted by Gasteiger charge is 2.21. The minimum atomic E-state index is 0. The first-order chi connectivity index (χ1) is 10.4. The standard InChI is InChI=1S/C17H27N3O.HI/c1-2-18-17(20-16-10-11-16)19-12-6-7-13-21-14-15-8-4-3-5-9-15;/h3-5,8-9,16H,2,6-7,10-14H2,1H3,(H2,18,19,20);1H. The van der Waals surface area contributed by atoms with Crippen molar-refractivity contribution in [1.29, 1.82) is 0 Å². The lowest BCUT2D eigenvalue weighted by atomic mass is 10.2. The van der Waals surface area contributed by atoms with Crippen LogP contribution in [0.15, 0.2) is 35.3 Å². The van der Waals surface area contributed by atoms with Gasteiger partial charge < -0.3 is 15.4 Å². The summed E-state index contributed by atoms with van der Waals surface area (Å²) in [7, 11) is 0. The summed E-state index contributed by atoms with van der Waals surface area (Å²) in [5.41, 5.74) is 1.23. The third kappa shape index (κ3) is 8.58. The van der Waals surface area contributed by atoms with E-state index in [0.717, 1.165) is 38.5 Å². The van der Waals surface area contributed by atoms with Crippen molar-refractivity contribution in [3.63, 3.8) is 0 Å². The quantitative estimate of drug-likeness (QED) is 0.281. The first-order valence-electron chi connectivity index (χ1n) is 8.05. The molecule has 2 rings (SSSR count). The second kappa shape index (κ2) is 11.7. The van der Waals surface area contributed by atoms with E-state index in [4.69, 9.17) is 4.74 Å². The topological polar surface area (TPSA) is 45.7 Å². The molecule has 1 saturated carbocycles. The third-order valence-corrected chi connectivity index (χ3v) is 3.34. The van der Waals surface area contributed by atoms with Gasteiger partial charge in [-0.25, -0.2) is 0 Å². The van der Waals surface area contributed by atoms with Crippen molar-refractivity contribution in [1.82, 2.24) is 10.6 Å². The molecular formula is C17H28IN3O. The summed E-state index contributed by atoms with van der Waals surface area (Å²) in [4.78, 5) is 4.59. The number of benzene rings is 1. The van der Waals surface area contributed by atoms with Gasteiger partial charge >= 0.3 is 0 Å². The van der Waals surface area contributed by atoms with Crippen molar-refractivity contribution < 1.29 is 4.74 Å². The Balaban J connectivity index is 0.00000242. The van der Waals surface area contributed by atoms with Gasteiger partial charge in [0, 0.05) is 25.7 Å². The van der Waals surface area contributed by atoms with Crippen LogP contribution in [0.5, 0.6) is 0 Å². The lowest BCUT2D eigenvalue weighted by Crippen LogP contribution is -2.38. The number of aliphatic imine (C=N–C) groups is 1. The molecular weight excluding hydrogens is 389 g/mol. The maximum Gasteiger partial charge on any atom is 0.191 e. The minimum absolute atomic E-state index is 0. The van der Waals surface area contributed by atoms with Crippen LogP contribution in [0.3, 0.4) is 0 Å². The van der Waals surface area contributed by atoms with Crippen LogP contribution in [-0.2, 0) is 11.3 Å². The second-order valence-electron chi connectivity index (χ2n) is 5.42. The van der Waals surface area contributed by atoms with Crippen LogP contribution in [0, 0.1) is 0 Å². The van der Waals surface area contributed by atoms with Gasteiger partial charge in [0.05, 0.1) is 6.61 Å². The average Bonchev–Trinajstić information content (AvgIpc) is 3.31. The Morgan fingerprint density at radius 3 is 2.68 bits per heavy atom. The van der Waals surface area contributed by atoms with Crippen LogP contribution in [0.4, 0.5) is 0 Å². The fourth-order valence-electron chi connectivity index (χ4n) is 2.01. The lowest BCUT2D eigenvalue weighted by molar-refractivity contribution is 0.117. The maximum absolute atomic E-state index is 5.67. The summed E-state index contributed by atoms with van der Waals surface area (Å²) in [6, 6.07) is 11.0. The largest absolute Gasteiger partial charge is 0.377 e. The van der Waals surface area contributed by atoms with E-state index in [0.29, 0.717) is 12.6 Å². The van der Waals surface area contributed by atoms with Crippen LogP contribution in [0.25, 0.3) is 0 Å². The van der Waals surface area contributed by atoms with Gasteiger partial charge in [-0.05, 0) is 38.2 Å². The Kier molecular flexibility index (Phi) is 10.2. The molecule has 4 nitrogen and oxygen atoms in total. The van der Waals surface area contributed by atoms with Crippen LogP contribution in [0.2, 0.25) is 0 Å². The van der Waals surface area contributed by atoms with Crippen LogP contribution in [0.1, 0.15) is 38.2 Å². The molecule has 0 atom stereocenters. The summed E-state index contributed by atoms with van der Waals surface area (Å²) in [5, 5.41) is 6.71. The van der Waals surface area contributed by atoms with Crippen molar-refractivity contribution in [3.05, 3.63) is 35.9 Å². The predicted octanol–water partition coefficient (Wildman–Crippen LogP) is 3.32. The molecule has 1 aliphatic rings. The van der Waals surface area contributed by atoms with E-state index in [-0.39, 0.29) is 24.0 Å². The predicted molar refractivity (Wildman–Crippen MR) is 103 cm³/mol. The molecule has 1 aromatic rings. The number of nitrogens with one attached hydrogen (secondary N) is 2. The van der Waals surface area contributed by atoms with Gasteiger partial charge in [0.15, 0.2) is 5.96 Å². The molecule has 0 spiro atoms. The number of ether oxygens (including phenoxy) is 1. The molecule has 1 aliphatic carbocycles. The molecule has 0 bridgehead atoms. The summed E-state index contributed by atoms with van der Waals surface area (Å²) >= 11 is 0. The van der Waals surface area contributed by atoms with Crippen molar-refractivity contribution in [3.8, 4) is 0 Å². The van der Waals surface area contributed by atoms with Crippen molar-refractivity contribution in [2.75, 3.05) is 19.7 Å². The van der Waals surface area contributed by atoms with Crippen LogP contribution >= 0.6 is 24.0 Å². The number of hydrogen-bond acceptors (Lipinski definition) is 2. The van der Waals surface area contributed by atoms with Gasteiger partial charge in [-0.15, -0.1) is 24.0 Å². The molecule has 2 N–H and O–H groups in total. The van der Waals surface area contributed by atoms with Gasteiger partial charge in [0.25, 0.3) is 0 Å². The molecule has 0 amide bonds. The maximum atomic E-state index is 5.67. The van der Waals surface area contributed by atoms with Crippen LogP contribution < -0.4 is 10.6 Å². The zero-order valence-corrected chi connectivity index (χ0v) is 15.7. The highest BCUT2D eigenvalue weighted by molar-refractivity contribution is 14.0. The summed E-state index contributed by atoms with van der Waals surface area (Å²) in [6.45, 7) is 5.38. The van der Waals surface area contributed by atoms with Gasteiger partial charge in [-0.1, -0.05) is 30.3 Å². The van der Waals surface area contributed by atoms with E-state index in [9.17, 15) is 0 Å². The minimum Gasteiger partial charge on any atom is -0.377 e. The molecule has 0 saturated heterocycles. The molecule has 1 fully saturated rings. The number of halogens is 1. The molecule has 0 unspecified atom stereocenters. The van der Waals surface area contributed by atoms with E-state index in [1.54, 1.807) is 0 Å². The Labute approximate surface area is 151 Å². The summed E-state index contributed by atoms with van der Waals surface area (Å²) in [6.07, 6.45) is 4.67. The molecule has 124 valence electrons. The Morgan fingerprint density at radius 2 is 2.00 bits per heavy atom. The van der Waals surface area contributed by atoms with Crippen molar-refractivity contribution in [2.24, 2.45) is 4.99 Å². The average molecular weight is 417 g/mol. The lowest BCUT2D eigenvalue weighted by Gasteiger charge is -2.10. The number of rotatable bonds is 9. The van der Waals surface area contributed by atoms with E-state index in [1.807, 2.05) is 18.2 Å². The zero-order chi connectivity index (χ0) is 14.8. The SMILES string of the molecule is CCNC(=NCCCCOCc1ccccc1)NC1CC1.I. The van der Waals surface area contributed by atoms with Gasteiger partial charge in [0.1, 0.15) is 0 Å². The highest BCUT2D eigenvalue weighted by atomic mass is 127. The Bertz CT molecular complexity index is 421. The van der Waals surface area contributed by atoms with E-state index in [1.165, 1.54) is 18.4 Å². The number of nitrogens with zero attached hydrogens (tertiary/aromatic N) is 1. The molecule has 0 aromatic heterocycles. The van der Waals surface area contributed by atoms with Crippen molar-refractivity contribution in [2.45, 2.75) is 45.3 Å². The fraction of sp³-hybridized carbons (Fsp3) is 0.588. The molecule has 22 heavy (non-hydrogen) atoms. The number of unbranched alkanes of at least 4 members (excludes halogenated alkanes) is 1. The second-order valence-corrected chi connectivity index (χ2v) is 5.42. The summed E-state index contributed by atoms with van der Waals surface area (Å²) < 4.78 is 5.67. The molecule has 0 radical (unpaired) electrons. The Hall–Kier alpha value is -0.820. The third-order valence-electron chi connectivity index (χ3n) is 3.34. The summed E-state index contributed by atoms with van der Waals surface area (Å²) in [5.74, 6) is 0.963. The normalized spacial score (nSPS) is 14.3. The fourth-order valence-corrected chi connectivity index (χ4v) is 2.01. The highest BCUT2D eigenvalue weighted by Crippen LogP contribution is 2.18. The van der Waals surface area contributed by atoms with Gasteiger partial charge in [-0.2, -0.15) is 0 Å². The van der Waals surface area contributed by atoms with Gasteiger partial charge in [-0.3, -0.25) is 4.99 Å². The molecule has 0 heterocycles. The molecule has 0 aliphatic heterocycles. The monoisotopic (exact) mass is 417 g/mol. The van der Waals surface area contributed by atoms with E-state index < -0.39 is 0 Å².